The van der Waals surface area contributed by atoms with Crippen molar-refractivity contribution in [2.24, 2.45) is 0 Å². The van der Waals surface area contributed by atoms with Crippen molar-refractivity contribution in [3.8, 4) is 22.6 Å². The normalized spacial score (nSPS) is 13.7. The second-order valence-corrected chi connectivity index (χ2v) is 11.9. The molecule has 0 fully saturated rings. The van der Waals surface area contributed by atoms with E-state index in [9.17, 15) is 38.4 Å². The van der Waals surface area contributed by atoms with E-state index in [-0.39, 0.29) is 44.9 Å². The zero-order valence-corrected chi connectivity index (χ0v) is 28.6. The van der Waals surface area contributed by atoms with Crippen molar-refractivity contribution >= 4 is 47.5 Å². The smallest absolute Gasteiger partial charge is 0.343 e. The molecule has 0 saturated heterocycles. The molecule has 0 aromatic heterocycles. The van der Waals surface area contributed by atoms with Crippen LogP contribution in [0, 0.1) is 0 Å². The number of hydrogen-bond acceptors (Lipinski definition) is 12. The third-order valence-electron chi connectivity index (χ3n) is 8.20. The maximum absolute atomic E-state index is 12.7. The van der Waals surface area contributed by atoms with Gasteiger partial charge in [0.2, 0.25) is 0 Å². The molecule has 14 nitrogen and oxygen atoms in total. The first-order chi connectivity index (χ1) is 25.9. The van der Waals surface area contributed by atoms with Crippen LogP contribution < -0.4 is 9.47 Å². The van der Waals surface area contributed by atoms with Gasteiger partial charge in [-0.05, 0) is 97.8 Å². The maximum atomic E-state index is 12.7. The van der Waals surface area contributed by atoms with E-state index in [4.69, 9.17) is 18.9 Å². The van der Waals surface area contributed by atoms with Crippen LogP contribution in [0.15, 0.2) is 120 Å². The van der Waals surface area contributed by atoms with Crippen LogP contribution in [0.25, 0.3) is 11.1 Å². The summed E-state index contributed by atoms with van der Waals surface area (Å²) in [4.78, 5) is 99.3. The van der Waals surface area contributed by atoms with E-state index in [1.54, 1.807) is 48.5 Å². The van der Waals surface area contributed by atoms with Gasteiger partial charge in [-0.25, -0.2) is 29.0 Å². The highest BCUT2D eigenvalue weighted by molar-refractivity contribution is 6.16. The highest BCUT2D eigenvalue weighted by atomic mass is 16.6. The molecule has 0 saturated carbocycles. The Kier molecular flexibility index (Phi) is 10.4. The lowest BCUT2D eigenvalue weighted by Gasteiger charge is -2.14. The molecule has 2 aliphatic rings. The summed E-state index contributed by atoms with van der Waals surface area (Å²) >= 11 is 0. The van der Waals surface area contributed by atoms with Crippen LogP contribution in [0.4, 0.5) is 0 Å². The first-order valence-corrected chi connectivity index (χ1v) is 16.2. The van der Waals surface area contributed by atoms with Crippen molar-refractivity contribution in [2.45, 2.75) is 13.8 Å². The standard InChI is InChI=1S/C40H28N2O12/c1-23-19-33(43)41(35(23)45)21-51-37(47)27-3-7-29(8-4-27)39(49)53-31-15-11-25(12-16-31)26-13-17-32(18-14-26)54-40(50)30-9-5-28(6-10-30)38(48)52-22-42-34(44)20-24(2)36(42)46/h3-20H,21-22H2,1-2H3. The average molecular weight is 729 g/mol. The molecule has 54 heavy (non-hydrogen) atoms. The monoisotopic (exact) mass is 728 g/mol. The topological polar surface area (TPSA) is 180 Å². The summed E-state index contributed by atoms with van der Waals surface area (Å²) in [6, 6.07) is 24.4. The molecule has 0 atom stereocenters. The Bertz CT molecular complexity index is 2110. The predicted molar refractivity (Wildman–Crippen MR) is 186 cm³/mol. The van der Waals surface area contributed by atoms with Gasteiger partial charge < -0.3 is 18.9 Å². The van der Waals surface area contributed by atoms with Crippen molar-refractivity contribution < 1.29 is 57.3 Å². The van der Waals surface area contributed by atoms with Gasteiger partial charge in [0, 0.05) is 23.3 Å². The largest absolute Gasteiger partial charge is 0.440 e. The fourth-order valence-corrected chi connectivity index (χ4v) is 5.18. The van der Waals surface area contributed by atoms with Crippen molar-refractivity contribution in [1.82, 2.24) is 9.80 Å². The fraction of sp³-hybridized carbons (Fsp3) is 0.100. The lowest BCUT2D eigenvalue weighted by molar-refractivity contribution is -0.143. The number of hydrogen-bond donors (Lipinski definition) is 0. The number of imide groups is 2. The van der Waals surface area contributed by atoms with Crippen LogP contribution >= 0.6 is 0 Å². The van der Waals surface area contributed by atoms with Gasteiger partial charge in [-0.2, -0.15) is 0 Å². The minimum Gasteiger partial charge on any atom is -0.440 e. The molecule has 4 aromatic carbocycles. The molecule has 2 heterocycles. The summed E-state index contributed by atoms with van der Waals surface area (Å²) in [6.45, 7) is 1.91. The Morgan fingerprint density at radius 3 is 1.02 bits per heavy atom. The highest BCUT2D eigenvalue weighted by Gasteiger charge is 2.30. The number of carbonyl (C=O) groups is 8. The number of carbonyl (C=O) groups excluding carboxylic acids is 8. The first kappa shape index (κ1) is 36.3. The fourth-order valence-electron chi connectivity index (χ4n) is 5.18. The predicted octanol–water partition coefficient (Wildman–Crippen LogP) is 4.65. The van der Waals surface area contributed by atoms with Gasteiger partial charge in [0.25, 0.3) is 23.6 Å². The molecule has 4 aromatic rings. The molecular formula is C40H28N2O12. The maximum Gasteiger partial charge on any atom is 0.343 e. The van der Waals surface area contributed by atoms with E-state index in [1.165, 1.54) is 62.4 Å². The lowest BCUT2D eigenvalue weighted by atomic mass is 10.1. The van der Waals surface area contributed by atoms with E-state index in [0.717, 1.165) is 33.1 Å². The molecule has 270 valence electrons. The molecule has 0 spiro atoms. The summed E-state index contributed by atoms with van der Waals surface area (Å²) in [5.41, 5.74) is 2.62. The van der Waals surface area contributed by atoms with Gasteiger partial charge in [0.15, 0.2) is 13.5 Å². The Hall–Kier alpha value is -7.48. The van der Waals surface area contributed by atoms with Crippen LogP contribution in [-0.4, -0.2) is 70.8 Å². The average Bonchev–Trinajstić information content (AvgIpc) is 3.57. The summed E-state index contributed by atoms with van der Waals surface area (Å²) in [5, 5.41) is 0. The second kappa shape index (κ2) is 15.4. The van der Waals surface area contributed by atoms with E-state index in [1.807, 2.05) is 0 Å². The highest BCUT2D eigenvalue weighted by Crippen LogP contribution is 2.26. The Balaban J connectivity index is 0.967. The van der Waals surface area contributed by atoms with Crippen molar-refractivity contribution in [3.05, 3.63) is 143 Å². The Morgan fingerprint density at radius 2 is 0.741 bits per heavy atom. The SMILES string of the molecule is CC1=CC(=O)N(COC(=O)c2ccc(C(=O)Oc3ccc(-c4ccc(OC(=O)c5ccc(C(=O)OCN6C(=O)C=C(C)C6=O)cc5)cc4)cc3)cc2)C1=O. The van der Waals surface area contributed by atoms with Crippen LogP contribution in [0.2, 0.25) is 0 Å². The third-order valence-corrected chi connectivity index (χ3v) is 8.20. The molecule has 0 aliphatic carbocycles. The Morgan fingerprint density at radius 1 is 0.444 bits per heavy atom. The van der Waals surface area contributed by atoms with Gasteiger partial charge in [0.1, 0.15) is 11.5 Å². The Labute approximate surface area is 306 Å². The van der Waals surface area contributed by atoms with E-state index < -0.39 is 61.0 Å². The van der Waals surface area contributed by atoms with Crippen LogP contribution in [0.3, 0.4) is 0 Å². The van der Waals surface area contributed by atoms with Gasteiger partial charge in [0.05, 0.1) is 22.3 Å². The molecule has 6 rings (SSSR count). The summed E-state index contributed by atoms with van der Waals surface area (Å²) in [7, 11) is 0. The van der Waals surface area contributed by atoms with Crippen LogP contribution in [-0.2, 0) is 28.7 Å². The molecule has 0 unspecified atom stereocenters. The molecule has 0 N–H and O–H groups in total. The van der Waals surface area contributed by atoms with Gasteiger partial charge in [-0.3, -0.25) is 19.2 Å². The first-order valence-electron chi connectivity index (χ1n) is 16.2. The zero-order chi connectivity index (χ0) is 38.5. The van der Waals surface area contributed by atoms with E-state index in [0.29, 0.717) is 0 Å². The molecule has 14 heteroatoms. The molecule has 2 aliphatic heterocycles. The molecule has 0 bridgehead atoms. The number of nitrogens with zero attached hydrogens (tertiary/aromatic N) is 2. The van der Waals surface area contributed by atoms with Crippen LogP contribution in [0.1, 0.15) is 55.3 Å². The minimum absolute atomic E-state index is 0.108. The van der Waals surface area contributed by atoms with E-state index >= 15 is 0 Å². The van der Waals surface area contributed by atoms with Crippen molar-refractivity contribution in [1.29, 1.82) is 0 Å². The van der Waals surface area contributed by atoms with Crippen molar-refractivity contribution in [3.63, 3.8) is 0 Å². The third kappa shape index (κ3) is 8.02. The van der Waals surface area contributed by atoms with Gasteiger partial charge >= 0.3 is 23.9 Å². The second-order valence-electron chi connectivity index (χ2n) is 11.9. The van der Waals surface area contributed by atoms with E-state index in [2.05, 4.69) is 0 Å². The quantitative estimate of drug-likeness (QED) is 0.119. The summed E-state index contributed by atoms with van der Waals surface area (Å²) < 4.78 is 21.0. The lowest BCUT2D eigenvalue weighted by Crippen LogP contribution is -2.34. The van der Waals surface area contributed by atoms with Crippen molar-refractivity contribution in [2.75, 3.05) is 13.5 Å². The number of ether oxygens (including phenoxy) is 4. The molecule has 0 radical (unpaired) electrons. The minimum atomic E-state index is -0.780. The number of esters is 4. The number of benzene rings is 4. The zero-order valence-electron chi connectivity index (χ0n) is 28.6. The van der Waals surface area contributed by atoms with Gasteiger partial charge in [-0.1, -0.05) is 24.3 Å². The molecule has 4 amide bonds. The summed E-state index contributed by atoms with van der Waals surface area (Å²) in [5.74, 6) is -4.56. The number of rotatable bonds is 11. The molecular weight excluding hydrogens is 700 g/mol. The number of amides is 4. The van der Waals surface area contributed by atoms with Gasteiger partial charge in [-0.15, -0.1) is 0 Å². The summed E-state index contributed by atoms with van der Waals surface area (Å²) in [6.07, 6.45) is 2.32. The van der Waals surface area contributed by atoms with Crippen LogP contribution in [0.5, 0.6) is 11.5 Å².